The highest BCUT2D eigenvalue weighted by Gasteiger charge is 2.18. The van der Waals surface area contributed by atoms with Crippen LogP contribution < -0.4 is 5.32 Å². The maximum Gasteiger partial charge on any atom is 0.317 e. The van der Waals surface area contributed by atoms with Crippen molar-refractivity contribution in [3.8, 4) is 5.75 Å². The molecule has 116 valence electrons. The number of nitrogens with one attached hydrogen (secondary N) is 1. The zero-order valence-electron chi connectivity index (χ0n) is 12.6. The van der Waals surface area contributed by atoms with E-state index in [1.165, 1.54) is 6.07 Å². The highest BCUT2D eigenvalue weighted by atomic mass is 16.4. The third-order valence-corrected chi connectivity index (χ3v) is 3.28. The fourth-order valence-corrected chi connectivity index (χ4v) is 2.01. The number of carbonyl (C=O) groups excluding carboxylic acids is 1. The Hall–Kier alpha value is -2.08. The number of carbonyl (C=O) groups is 2. The minimum atomic E-state index is -0.934. The quantitative estimate of drug-likeness (QED) is 0.671. The summed E-state index contributed by atoms with van der Waals surface area (Å²) in [5.74, 6) is -0.940. The average Bonchev–Trinajstić information content (AvgIpc) is 2.39. The Morgan fingerprint density at radius 1 is 1.38 bits per heavy atom. The molecule has 1 unspecified atom stereocenters. The van der Waals surface area contributed by atoms with Crippen LogP contribution in [0.3, 0.4) is 0 Å². The third-order valence-electron chi connectivity index (χ3n) is 3.28. The molecule has 6 nitrogen and oxygen atoms in total. The summed E-state index contributed by atoms with van der Waals surface area (Å²) in [7, 11) is 1.67. The van der Waals surface area contributed by atoms with Gasteiger partial charge in [-0.15, -0.1) is 0 Å². The molecule has 0 aliphatic rings. The fraction of sp³-hybridized carbons (Fsp3) is 0.467. The van der Waals surface area contributed by atoms with Crippen LogP contribution in [0.2, 0.25) is 0 Å². The van der Waals surface area contributed by atoms with E-state index in [0.29, 0.717) is 17.7 Å². The van der Waals surface area contributed by atoms with Crippen LogP contribution in [0.1, 0.15) is 38.3 Å². The molecule has 1 aromatic carbocycles. The molecule has 0 heterocycles. The smallest absolute Gasteiger partial charge is 0.317 e. The van der Waals surface area contributed by atoms with Crippen LogP contribution in [0.15, 0.2) is 18.2 Å². The van der Waals surface area contributed by atoms with Gasteiger partial charge in [-0.3, -0.25) is 14.5 Å². The summed E-state index contributed by atoms with van der Waals surface area (Å²) in [6, 6.07) is 4.51. The molecule has 0 fully saturated rings. The molecule has 0 bridgehead atoms. The number of nitrogens with zero attached hydrogens (tertiary/aromatic N) is 1. The van der Waals surface area contributed by atoms with Gasteiger partial charge in [0.2, 0.25) is 5.91 Å². The van der Waals surface area contributed by atoms with Gasteiger partial charge in [0.25, 0.3) is 0 Å². The van der Waals surface area contributed by atoms with Crippen molar-refractivity contribution in [2.24, 2.45) is 0 Å². The van der Waals surface area contributed by atoms with Crippen LogP contribution in [-0.4, -0.2) is 40.6 Å². The molecule has 0 spiro atoms. The summed E-state index contributed by atoms with van der Waals surface area (Å²) in [5, 5.41) is 21.5. The Morgan fingerprint density at radius 3 is 2.62 bits per heavy atom. The van der Waals surface area contributed by atoms with Crippen molar-refractivity contribution in [1.29, 1.82) is 0 Å². The SMILES string of the molecule is CCCC(=O)Nc1ccc(O)c(C(C)N(C)CC(=O)O)c1. The molecular weight excluding hydrogens is 272 g/mol. The van der Waals surface area contributed by atoms with Gasteiger partial charge in [0.05, 0.1) is 6.54 Å². The first-order valence-electron chi connectivity index (χ1n) is 6.90. The molecule has 6 heteroatoms. The Balaban J connectivity index is 2.91. The van der Waals surface area contributed by atoms with Crippen molar-refractivity contribution >= 4 is 17.6 Å². The lowest BCUT2D eigenvalue weighted by atomic mass is 10.0. The summed E-state index contributed by atoms with van der Waals surface area (Å²) in [5.41, 5.74) is 1.17. The van der Waals surface area contributed by atoms with E-state index in [4.69, 9.17) is 5.11 Å². The lowest BCUT2D eigenvalue weighted by molar-refractivity contribution is -0.138. The van der Waals surface area contributed by atoms with Crippen LogP contribution >= 0.6 is 0 Å². The Labute approximate surface area is 124 Å². The van der Waals surface area contributed by atoms with Gasteiger partial charge in [-0.2, -0.15) is 0 Å². The fourth-order valence-electron chi connectivity index (χ4n) is 2.01. The molecular formula is C15H22N2O4. The van der Waals surface area contributed by atoms with Gasteiger partial charge in [0, 0.05) is 23.7 Å². The maximum absolute atomic E-state index is 11.6. The second-order valence-electron chi connectivity index (χ2n) is 5.06. The van der Waals surface area contributed by atoms with E-state index in [9.17, 15) is 14.7 Å². The van der Waals surface area contributed by atoms with E-state index >= 15 is 0 Å². The second kappa shape index (κ2) is 7.64. The van der Waals surface area contributed by atoms with Crippen LogP contribution in [0, 0.1) is 0 Å². The number of rotatable bonds is 7. The summed E-state index contributed by atoms with van der Waals surface area (Å²) in [6.07, 6.45) is 1.19. The number of carboxylic acid groups (broad SMARTS) is 1. The van der Waals surface area contributed by atoms with Crippen molar-refractivity contribution < 1.29 is 19.8 Å². The molecule has 0 saturated carbocycles. The number of aliphatic carboxylic acids is 1. The average molecular weight is 294 g/mol. The van der Waals surface area contributed by atoms with Crippen molar-refractivity contribution in [3.05, 3.63) is 23.8 Å². The molecule has 0 aliphatic heterocycles. The van der Waals surface area contributed by atoms with Gasteiger partial charge in [-0.05, 0) is 38.6 Å². The lowest BCUT2D eigenvalue weighted by Gasteiger charge is -2.24. The number of carboxylic acids is 1. The minimum Gasteiger partial charge on any atom is -0.508 e. The molecule has 0 saturated heterocycles. The number of hydrogen-bond acceptors (Lipinski definition) is 4. The minimum absolute atomic E-state index is 0.0771. The molecule has 3 N–H and O–H groups in total. The molecule has 1 aromatic rings. The topological polar surface area (TPSA) is 89.9 Å². The Kier molecular flexibility index (Phi) is 6.17. The standard InChI is InChI=1S/C15H22N2O4/c1-4-5-14(19)16-11-6-7-13(18)12(8-11)10(2)17(3)9-15(20)21/h6-8,10,18H,4-5,9H2,1-3H3,(H,16,19)(H,20,21). The van der Waals surface area contributed by atoms with Gasteiger partial charge in [0.1, 0.15) is 5.75 Å². The number of benzene rings is 1. The van der Waals surface area contributed by atoms with Crippen LogP contribution in [0.4, 0.5) is 5.69 Å². The Morgan fingerprint density at radius 2 is 2.05 bits per heavy atom. The van der Waals surface area contributed by atoms with E-state index in [1.54, 1.807) is 31.0 Å². The first-order valence-corrected chi connectivity index (χ1v) is 6.90. The monoisotopic (exact) mass is 294 g/mol. The second-order valence-corrected chi connectivity index (χ2v) is 5.06. The van der Waals surface area contributed by atoms with Crippen molar-refractivity contribution in [2.45, 2.75) is 32.7 Å². The van der Waals surface area contributed by atoms with Gasteiger partial charge in [-0.1, -0.05) is 6.92 Å². The van der Waals surface area contributed by atoms with Gasteiger partial charge in [-0.25, -0.2) is 0 Å². The van der Waals surface area contributed by atoms with Crippen LogP contribution in [-0.2, 0) is 9.59 Å². The predicted octanol–water partition coefficient (Wildman–Crippen LogP) is 2.21. The molecule has 0 aromatic heterocycles. The number of amides is 1. The molecule has 0 aliphatic carbocycles. The van der Waals surface area contributed by atoms with Crippen molar-refractivity contribution in [2.75, 3.05) is 18.9 Å². The summed E-state index contributed by atoms with van der Waals surface area (Å²) < 4.78 is 0. The largest absolute Gasteiger partial charge is 0.508 e. The zero-order chi connectivity index (χ0) is 16.0. The van der Waals surface area contributed by atoms with Crippen molar-refractivity contribution in [3.63, 3.8) is 0 Å². The highest BCUT2D eigenvalue weighted by molar-refractivity contribution is 5.90. The van der Waals surface area contributed by atoms with Gasteiger partial charge in [0.15, 0.2) is 0 Å². The van der Waals surface area contributed by atoms with E-state index in [-0.39, 0.29) is 24.2 Å². The number of hydrogen-bond donors (Lipinski definition) is 3. The first-order chi connectivity index (χ1) is 9.85. The van der Waals surface area contributed by atoms with Crippen molar-refractivity contribution in [1.82, 2.24) is 4.90 Å². The normalized spacial score (nSPS) is 12.2. The number of phenolic OH excluding ortho intramolecular Hbond substituents is 1. The van der Waals surface area contributed by atoms with E-state index in [2.05, 4.69) is 5.32 Å². The third kappa shape index (κ3) is 5.07. The number of likely N-dealkylation sites (N-methyl/N-ethyl adjacent to an activating group) is 1. The maximum atomic E-state index is 11.6. The zero-order valence-corrected chi connectivity index (χ0v) is 12.6. The summed E-state index contributed by atoms with van der Waals surface area (Å²) in [6.45, 7) is 3.59. The van der Waals surface area contributed by atoms with Crippen LogP contribution in [0.25, 0.3) is 0 Å². The Bertz CT molecular complexity index is 516. The van der Waals surface area contributed by atoms with E-state index in [1.807, 2.05) is 6.92 Å². The predicted molar refractivity (Wildman–Crippen MR) is 80.3 cm³/mol. The van der Waals surface area contributed by atoms with Gasteiger partial charge >= 0.3 is 5.97 Å². The molecule has 1 rings (SSSR count). The van der Waals surface area contributed by atoms with Crippen LogP contribution in [0.5, 0.6) is 5.75 Å². The number of anilines is 1. The molecule has 1 amide bonds. The lowest BCUT2D eigenvalue weighted by Crippen LogP contribution is -2.28. The molecule has 1 atom stereocenters. The highest BCUT2D eigenvalue weighted by Crippen LogP contribution is 2.30. The molecule has 0 radical (unpaired) electrons. The summed E-state index contributed by atoms with van der Waals surface area (Å²) in [4.78, 5) is 24.0. The van der Waals surface area contributed by atoms with E-state index < -0.39 is 5.97 Å². The number of phenols is 1. The first kappa shape index (κ1) is 17.0. The number of aromatic hydroxyl groups is 1. The molecule has 21 heavy (non-hydrogen) atoms. The van der Waals surface area contributed by atoms with E-state index in [0.717, 1.165) is 6.42 Å². The van der Waals surface area contributed by atoms with Gasteiger partial charge < -0.3 is 15.5 Å². The summed E-state index contributed by atoms with van der Waals surface area (Å²) >= 11 is 0.